The van der Waals surface area contributed by atoms with Crippen molar-refractivity contribution in [3.63, 3.8) is 0 Å². The Hall–Kier alpha value is -1.67. The maximum Gasteiger partial charge on any atom is 0.250 e. The van der Waals surface area contributed by atoms with Crippen LogP contribution in [0.3, 0.4) is 0 Å². The van der Waals surface area contributed by atoms with Gasteiger partial charge in [-0.15, -0.1) is 11.3 Å². The lowest BCUT2D eigenvalue weighted by molar-refractivity contribution is 0.538. The number of halogens is 1. The summed E-state index contributed by atoms with van der Waals surface area (Å²) in [5.74, 6) is 0. The SMILES string of the molecule is CC(C)n1nccc1-c1csc(S(=O)(=O)NCc2ccc(Cl)cc2)c1. The van der Waals surface area contributed by atoms with Gasteiger partial charge in [0.2, 0.25) is 10.0 Å². The molecule has 3 rings (SSSR count). The van der Waals surface area contributed by atoms with Crippen molar-refractivity contribution in [2.75, 3.05) is 0 Å². The lowest BCUT2D eigenvalue weighted by Gasteiger charge is -2.09. The minimum atomic E-state index is -3.57. The highest BCUT2D eigenvalue weighted by Crippen LogP contribution is 2.29. The molecule has 0 amide bonds. The topological polar surface area (TPSA) is 64.0 Å². The third-order valence-electron chi connectivity index (χ3n) is 3.68. The van der Waals surface area contributed by atoms with Crippen molar-refractivity contribution in [2.24, 2.45) is 0 Å². The van der Waals surface area contributed by atoms with Crippen molar-refractivity contribution in [3.05, 3.63) is 58.6 Å². The van der Waals surface area contributed by atoms with E-state index in [-0.39, 0.29) is 16.8 Å². The van der Waals surface area contributed by atoms with Crippen LogP contribution in [-0.2, 0) is 16.6 Å². The number of nitrogens with zero attached hydrogens (tertiary/aromatic N) is 2. The summed E-state index contributed by atoms with van der Waals surface area (Å²) in [6, 6.07) is 10.8. The number of nitrogens with one attached hydrogen (secondary N) is 1. The molecule has 8 heteroatoms. The first kappa shape index (κ1) is 18.1. The molecule has 1 N–H and O–H groups in total. The van der Waals surface area contributed by atoms with Gasteiger partial charge in [-0.1, -0.05) is 23.7 Å². The van der Waals surface area contributed by atoms with Gasteiger partial charge in [0.05, 0.1) is 5.69 Å². The molecular formula is C17H18ClN3O2S2. The quantitative estimate of drug-likeness (QED) is 0.675. The molecular weight excluding hydrogens is 378 g/mol. The lowest BCUT2D eigenvalue weighted by Crippen LogP contribution is -2.22. The number of hydrogen-bond donors (Lipinski definition) is 1. The van der Waals surface area contributed by atoms with Gasteiger partial charge in [0.1, 0.15) is 4.21 Å². The van der Waals surface area contributed by atoms with Gasteiger partial charge in [-0.25, -0.2) is 13.1 Å². The van der Waals surface area contributed by atoms with Gasteiger partial charge < -0.3 is 0 Å². The van der Waals surface area contributed by atoms with E-state index in [9.17, 15) is 8.42 Å². The van der Waals surface area contributed by atoms with E-state index in [0.717, 1.165) is 16.8 Å². The number of rotatable bonds is 6. The molecule has 0 unspecified atom stereocenters. The van der Waals surface area contributed by atoms with Crippen molar-refractivity contribution in [2.45, 2.75) is 30.6 Å². The average molecular weight is 396 g/mol. The zero-order chi connectivity index (χ0) is 18.0. The third-order valence-corrected chi connectivity index (χ3v) is 6.77. The second-order valence-corrected chi connectivity index (χ2v) is 9.20. The van der Waals surface area contributed by atoms with Gasteiger partial charge in [0, 0.05) is 34.7 Å². The minimum absolute atomic E-state index is 0.202. The van der Waals surface area contributed by atoms with Crippen molar-refractivity contribution in [1.29, 1.82) is 0 Å². The first-order chi connectivity index (χ1) is 11.9. The van der Waals surface area contributed by atoms with Crippen LogP contribution >= 0.6 is 22.9 Å². The monoisotopic (exact) mass is 395 g/mol. The number of hydrogen-bond acceptors (Lipinski definition) is 4. The average Bonchev–Trinajstić information content (AvgIpc) is 3.23. The lowest BCUT2D eigenvalue weighted by atomic mass is 10.2. The molecule has 25 heavy (non-hydrogen) atoms. The Morgan fingerprint density at radius 2 is 1.96 bits per heavy atom. The summed E-state index contributed by atoms with van der Waals surface area (Å²) < 4.78 is 29.8. The van der Waals surface area contributed by atoms with Crippen LogP contribution in [0.4, 0.5) is 0 Å². The summed E-state index contributed by atoms with van der Waals surface area (Å²) >= 11 is 7.04. The molecule has 0 aliphatic carbocycles. The van der Waals surface area contributed by atoms with Crippen LogP contribution < -0.4 is 4.72 Å². The maximum atomic E-state index is 12.5. The van der Waals surface area contributed by atoms with Crippen LogP contribution in [0, 0.1) is 0 Å². The number of aromatic nitrogens is 2. The molecule has 0 saturated heterocycles. The molecule has 3 aromatic rings. The van der Waals surface area contributed by atoms with E-state index in [4.69, 9.17) is 11.6 Å². The molecule has 1 aromatic carbocycles. The molecule has 0 spiro atoms. The molecule has 0 saturated carbocycles. The van der Waals surface area contributed by atoms with Gasteiger partial charge >= 0.3 is 0 Å². The van der Waals surface area contributed by atoms with E-state index < -0.39 is 10.0 Å². The van der Waals surface area contributed by atoms with Crippen LogP contribution in [0.1, 0.15) is 25.5 Å². The highest BCUT2D eigenvalue weighted by Gasteiger charge is 2.18. The molecule has 5 nitrogen and oxygen atoms in total. The van der Waals surface area contributed by atoms with Crippen molar-refractivity contribution in [1.82, 2.24) is 14.5 Å². The largest absolute Gasteiger partial charge is 0.262 e. The van der Waals surface area contributed by atoms with Gasteiger partial charge in [-0.05, 0) is 43.7 Å². The maximum absolute atomic E-state index is 12.5. The van der Waals surface area contributed by atoms with Crippen LogP contribution in [0.5, 0.6) is 0 Å². The molecule has 2 heterocycles. The summed E-state index contributed by atoms with van der Waals surface area (Å²) in [5.41, 5.74) is 2.61. The van der Waals surface area contributed by atoms with E-state index >= 15 is 0 Å². The zero-order valence-electron chi connectivity index (χ0n) is 13.8. The van der Waals surface area contributed by atoms with Gasteiger partial charge in [0.25, 0.3) is 0 Å². The molecule has 0 aliphatic rings. The summed E-state index contributed by atoms with van der Waals surface area (Å²) in [5, 5.41) is 6.75. The number of thiophene rings is 1. The first-order valence-corrected chi connectivity index (χ1v) is 10.5. The van der Waals surface area contributed by atoms with Crippen molar-refractivity contribution >= 4 is 33.0 Å². The highest BCUT2D eigenvalue weighted by atomic mass is 35.5. The summed E-state index contributed by atoms with van der Waals surface area (Å²) in [6.07, 6.45) is 1.72. The number of sulfonamides is 1. The molecule has 2 aromatic heterocycles. The van der Waals surface area contributed by atoms with E-state index in [2.05, 4.69) is 9.82 Å². The third kappa shape index (κ3) is 4.12. The fourth-order valence-electron chi connectivity index (χ4n) is 2.40. The van der Waals surface area contributed by atoms with Crippen LogP contribution in [0.15, 0.2) is 52.2 Å². The normalized spacial score (nSPS) is 12.0. The summed E-state index contributed by atoms with van der Waals surface area (Å²) in [6.45, 7) is 4.29. The standard InChI is InChI=1S/C17H18ClN3O2S2/c1-12(2)21-16(7-8-19-21)14-9-17(24-11-14)25(22,23)20-10-13-3-5-15(18)6-4-13/h3-9,11-12,20H,10H2,1-2H3. The van der Waals surface area contributed by atoms with Gasteiger partial charge in [0.15, 0.2) is 0 Å². The van der Waals surface area contributed by atoms with Gasteiger partial charge in [-0.2, -0.15) is 5.10 Å². The Kier molecular flexibility index (Phi) is 5.29. The van der Waals surface area contributed by atoms with Crippen LogP contribution in [-0.4, -0.2) is 18.2 Å². The fraction of sp³-hybridized carbons (Fsp3) is 0.235. The summed E-state index contributed by atoms with van der Waals surface area (Å²) in [4.78, 5) is 0. The second-order valence-electron chi connectivity index (χ2n) is 5.86. The first-order valence-electron chi connectivity index (χ1n) is 7.73. The van der Waals surface area contributed by atoms with Crippen LogP contribution in [0.2, 0.25) is 5.02 Å². The predicted molar refractivity (Wildman–Crippen MR) is 101 cm³/mol. The van der Waals surface area contributed by atoms with E-state index in [1.165, 1.54) is 11.3 Å². The van der Waals surface area contributed by atoms with Crippen molar-refractivity contribution in [3.8, 4) is 11.3 Å². The Bertz CT molecular complexity index is 960. The smallest absolute Gasteiger partial charge is 0.250 e. The Morgan fingerprint density at radius 1 is 1.24 bits per heavy atom. The molecule has 0 fully saturated rings. The Morgan fingerprint density at radius 3 is 2.64 bits per heavy atom. The fourth-order valence-corrected chi connectivity index (χ4v) is 4.76. The summed E-state index contributed by atoms with van der Waals surface area (Å²) in [7, 11) is -3.57. The highest BCUT2D eigenvalue weighted by molar-refractivity contribution is 7.91. The minimum Gasteiger partial charge on any atom is -0.262 e. The molecule has 0 atom stereocenters. The van der Waals surface area contributed by atoms with Crippen LogP contribution in [0.25, 0.3) is 11.3 Å². The number of benzene rings is 1. The predicted octanol–water partition coefficient (Wildman–Crippen LogP) is 4.32. The second kappa shape index (κ2) is 7.29. The Balaban J connectivity index is 1.78. The van der Waals surface area contributed by atoms with Gasteiger partial charge in [-0.3, -0.25) is 4.68 Å². The van der Waals surface area contributed by atoms with E-state index in [1.807, 2.05) is 30.0 Å². The molecule has 0 aliphatic heterocycles. The molecule has 0 bridgehead atoms. The van der Waals surface area contributed by atoms with E-state index in [0.29, 0.717) is 5.02 Å². The zero-order valence-corrected chi connectivity index (χ0v) is 16.2. The molecule has 132 valence electrons. The molecule has 0 radical (unpaired) electrons. The Labute approximate surface area is 156 Å². The van der Waals surface area contributed by atoms with Crippen molar-refractivity contribution < 1.29 is 8.42 Å². The van der Waals surface area contributed by atoms with E-state index in [1.54, 1.807) is 36.5 Å².